The standard InChI is InChI=1S/C22H20N4O3S/c1-22(2,3)29-21(28)26-19(9-8-15-12-30-13-24-15)25-18(20(26)27)10-14-11-23-17-7-5-4-6-16(14)17/h4-13,23H,1-3H3/b9-8+,18-10-. The van der Waals surface area contributed by atoms with Crippen molar-refractivity contribution in [2.45, 2.75) is 26.4 Å². The molecule has 0 saturated heterocycles. The Labute approximate surface area is 177 Å². The molecule has 0 fully saturated rings. The molecule has 152 valence electrons. The number of ether oxygens (including phenoxy) is 1. The van der Waals surface area contributed by atoms with Crippen LogP contribution in [-0.4, -0.2) is 38.3 Å². The van der Waals surface area contributed by atoms with E-state index in [2.05, 4.69) is 15.0 Å². The van der Waals surface area contributed by atoms with E-state index in [0.29, 0.717) is 5.69 Å². The third-order valence-corrected chi connectivity index (χ3v) is 4.84. The van der Waals surface area contributed by atoms with Gasteiger partial charge in [-0.3, -0.25) is 4.79 Å². The molecule has 1 aromatic carbocycles. The molecule has 1 aliphatic heterocycles. The van der Waals surface area contributed by atoms with E-state index >= 15 is 0 Å². The van der Waals surface area contributed by atoms with Crippen molar-refractivity contribution in [2.75, 3.05) is 0 Å². The van der Waals surface area contributed by atoms with Crippen LogP contribution in [0.2, 0.25) is 0 Å². The minimum Gasteiger partial charge on any atom is -0.443 e. The second-order valence-electron chi connectivity index (χ2n) is 7.66. The molecule has 1 N–H and O–H groups in total. The Kier molecular flexibility index (Phi) is 5.09. The van der Waals surface area contributed by atoms with Crippen molar-refractivity contribution in [3.05, 3.63) is 64.4 Å². The summed E-state index contributed by atoms with van der Waals surface area (Å²) < 4.78 is 5.42. The van der Waals surface area contributed by atoms with Crippen LogP contribution in [0, 0.1) is 0 Å². The van der Waals surface area contributed by atoms with Crippen molar-refractivity contribution >= 4 is 52.2 Å². The van der Waals surface area contributed by atoms with Crippen LogP contribution in [0.25, 0.3) is 23.1 Å². The van der Waals surface area contributed by atoms with Crippen molar-refractivity contribution in [1.29, 1.82) is 0 Å². The lowest BCUT2D eigenvalue weighted by Crippen LogP contribution is -2.41. The Hall–Kier alpha value is -3.52. The molecular formula is C22H20N4O3S. The number of fused-ring (bicyclic) bond motifs is 1. The lowest BCUT2D eigenvalue weighted by Gasteiger charge is -2.23. The Morgan fingerprint density at radius 2 is 2.03 bits per heavy atom. The number of amidine groups is 1. The Bertz CT molecular complexity index is 1200. The number of thiazole rings is 1. The third-order valence-electron chi connectivity index (χ3n) is 4.23. The number of benzene rings is 1. The van der Waals surface area contributed by atoms with E-state index in [1.165, 1.54) is 11.3 Å². The molecule has 0 atom stereocenters. The number of imide groups is 1. The Morgan fingerprint density at radius 3 is 2.77 bits per heavy atom. The number of aromatic nitrogens is 2. The fourth-order valence-corrected chi connectivity index (χ4v) is 3.48. The first kappa shape index (κ1) is 19.8. The number of aliphatic imine (C=N–C) groups is 1. The van der Waals surface area contributed by atoms with Crippen molar-refractivity contribution in [2.24, 2.45) is 4.99 Å². The summed E-state index contributed by atoms with van der Waals surface area (Å²) in [5.74, 6) is -0.346. The molecular weight excluding hydrogens is 400 g/mol. The summed E-state index contributed by atoms with van der Waals surface area (Å²) in [6.45, 7) is 5.24. The molecule has 0 spiro atoms. The number of nitrogens with zero attached hydrogens (tertiary/aromatic N) is 3. The molecule has 8 heteroatoms. The van der Waals surface area contributed by atoms with Crippen LogP contribution in [0.1, 0.15) is 32.0 Å². The summed E-state index contributed by atoms with van der Waals surface area (Å²) in [6, 6.07) is 7.76. The van der Waals surface area contributed by atoms with Gasteiger partial charge in [-0.25, -0.2) is 14.8 Å². The number of carbonyl (C=O) groups excluding carboxylic acids is 2. The van der Waals surface area contributed by atoms with Gasteiger partial charge in [-0.05, 0) is 45.1 Å². The number of para-hydroxylation sites is 1. The summed E-state index contributed by atoms with van der Waals surface area (Å²) in [6.07, 6.45) is 6.00. The molecule has 0 aliphatic carbocycles. The third kappa shape index (κ3) is 4.08. The average molecular weight is 420 g/mol. The first-order chi connectivity index (χ1) is 14.3. The molecule has 1 aliphatic rings. The number of hydrogen-bond donors (Lipinski definition) is 1. The van der Waals surface area contributed by atoms with E-state index < -0.39 is 17.6 Å². The van der Waals surface area contributed by atoms with Gasteiger partial charge in [-0.1, -0.05) is 18.2 Å². The second kappa shape index (κ2) is 7.72. The van der Waals surface area contributed by atoms with Gasteiger partial charge < -0.3 is 9.72 Å². The van der Waals surface area contributed by atoms with Crippen molar-refractivity contribution in [3.8, 4) is 0 Å². The van der Waals surface area contributed by atoms with E-state index in [9.17, 15) is 9.59 Å². The van der Waals surface area contributed by atoms with Crippen LogP contribution >= 0.6 is 11.3 Å². The van der Waals surface area contributed by atoms with Gasteiger partial charge in [0.1, 0.15) is 17.1 Å². The monoisotopic (exact) mass is 420 g/mol. The molecule has 0 radical (unpaired) electrons. The molecule has 30 heavy (non-hydrogen) atoms. The number of rotatable bonds is 3. The van der Waals surface area contributed by atoms with Gasteiger partial charge in [0.05, 0.1) is 11.2 Å². The predicted octanol–water partition coefficient (Wildman–Crippen LogP) is 4.85. The maximum atomic E-state index is 13.1. The molecule has 4 rings (SSSR count). The van der Waals surface area contributed by atoms with E-state index in [0.717, 1.165) is 21.4 Å². The average Bonchev–Trinajstić information content (AvgIpc) is 3.39. The first-order valence-electron chi connectivity index (χ1n) is 9.32. The zero-order chi connectivity index (χ0) is 21.3. The Balaban J connectivity index is 1.72. The van der Waals surface area contributed by atoms with E-state index in [1.807, 2.05) is 29.6 Å². The van der Waals surface area contributed by atoms with Crippen LogP contribution in [0.3, 0.4) is 0 Å². The van der Waals surface area contributed by atoms with Gasteiger partial charge >= 0.3 is 6.09 Å². The fourth-order valence-electron chi connectivity index (χ4n) is 2.95. The van der Waals surface area contributed by atoms with Gasteiger partial charge in [0.25, 0.3) is 5.91 Å². The number of amides is 2. The predicted molar refractivity (Wildman–Crippen MR) is 118 cm³/mol. The highest BCUT2D eigenvalue weighted by Gasteiger charge is 2.37. The van der Waals surface area contributed by atoms with Crippen molar-refractivity contribution in [3.63, 3.8) is 0 Å². The largest absolute Gasteiger partial charge is 0.443 e. The highest BCUT2D eigenvalue weighted by molar-refractivity contribution is 7.07. The molecule has 7 nitrogen and oxygen atoms in total. The molecule has 2 aromatic heterocycles. The molecule has 0 saturated carbocycles. The zero-order valence-corrected chi connectivity index (χ0v) is 17.6. The number of H-pyrrole nitrogens is 1. The fraction of sp³-hybridized carbons (Fsp3) is 0.182. The summed E-state index contributed by atoms with van der Waals surface area (Å²) >= 11 is 1.45. The van der Waals surface area contributed by atoms with Crippen molar-refractivity contribution in [1.82, 2.24) is 14.9 Å². The number of carbonyl (C=O) groups is 2. The zero-order valence-electron chi connectivity index (χ0n) is 16.7. The molecule has 0 unspecified atom stereocenters. The minimum absolute atomic E-state index is 0.156. The van der Waals surface area contributed by atoms with Gasteiger partial charge in [0, 0.05) is 28.0 Å². The summed E-state index contributed by atoms with van der Waals surface area (Å²) in [5.41, 5.74) is 3.59. The molecule has 2 amide bonds. The van der Waals surface area contributed by atoms with Gasteiger partial charge in [-0.2, -0.15) is 4.90 Å². The normalized spacial score (nSPS) is 16.1. The molecule has 3 heterocycles. The van der Waals surface area contributed by atoms with Crippen LogP contribution in [0.4, 0.5) is 4.79 Å². The van der Waals surface area contributed by atoms with Crippen LogP contribution in [-0.2, 0) is 9.53 Å². The lowest BCUT2D eigenvalue weighted by atomic mass is 10.1. The number of aromatic amines is 1. The SMILES string of the molecule is CC(C)(C)OC(=O)N1C(=O)/C(=C/c2c[nH]c3ccccc23)N=C1/C=C/c1cscn1. The van der Waals surface area contributed by atoms with Crippen LogP contribution < -0.4 is 0 Å². The maximum absolute atomic E-state index is 13.1. The summed E-state index contributed by atoms with van der Waals surface area (Å²) in [4.78, 5) is 38.5. The smallest absolute Gasteiger partial charge is 0.423 e. The summed E-state index contributed by atoms with van der Waals surface area (Å²) in [5, 5.41) is 2.82. The minimum atomic E-state index is -0.767. The van der Waals surface area contributed by atoms with E-state index in [4.69, 9.17) is 4.74 Å². The van der Waals surface area contributed by atoms with Crippen LogP contribution in [0.15, 0.2) is 58.1 Å². The number of nitrogens with one attached hydrogen (secondary N) is 1. The van der Waals surface area contributed by atoms with Gasteiger partial charge in [0.15, 0.2) is 0 Å². The quantitative estimate of drug-likeness (QED) is 0.613. The van der Waals surface area contributed by atoms with Crippen molar-refractivity contribution < 1.29 is 14.3 Å². The topological polar surface area (TPSA) is 87.6 Å². The molecule has 3 aromatic rings. The lowest BCUT2D eigenvalue weighted by molar-refractivity contribution is -0.122. The summed E-state index contributed by atoms with van der Waals surface area (Å²) in [7, 11) is 0. The molecule has 0 bridgehead atoms. The van der Waals surface area contributed by atoms with Gasteiger partial charge in [0.2, 0.25) is 0 Å². The van der Waals surface area contributed by atoms with E-state index in [-0.39, 0.29) is 11.5 Å². The highest BCUT2D eigenvalue weighted by atomic mass is 32.1. The number of hydrogen-bond acceptors (Lipinski definition) is 6. The highest BCUT2D eigenvalue weighted by Crippen LogP contribution is 2.25. The van der Waals surface area contributed by atoms with Crippen LogP contribution in [0.5, 0.6) is 0 Å². The second-order valence-corrected chi connectivity index (χ2v) is 8.38. The van der Waals surface area contributed by atoms with Gasteiger partial charge in [-0.15, -0.1) is 11.3 Å². The first-order valence-corrected chi connectivity index (χ1v) is 10.3. The Morgan fingerprint density at radius 1 is 1.23 bits per heavy atom. The maximum Gasteiger partial charge on any atom is 0.423 e. The van der Waals surface area contributed by atoms with E-state index in [1.54, 1.807) is 50.7 Å².